The van der Waals surface area contributed by atoms with Gasteiger partial charge in [0.15, 0.2) is 0 Å². The zero-order valence-corrected chi connectivity index (χ0v) is 11.6. The van der Waals surface area contributed by atoms with Gasteiger partial charge in [-0.15, -0.1) is 0 Å². The van der Waals surface area contributed by atoms with Crippen LogP contribution < -0.4 is 5.32 Å². The van der Waals surface area contributed by atoms with Crippen molar-refractivity contribution in [3.63, 3.8) is 0 Å². The Morgan fingerprint density at radius 2 is 1.94 bits per heavy atom. The molecule has 2 aliphatic rings. The summed E-state index contributed by atoms with van der Waals surface area (Å²) in [4.78, 5) is 4.95. The summed E-state index contributed by atoms with van der Waals surface area (Å²) in [6, 6.07) is 1.65. The number of nitrogens with zero attached hydrogens (tertiary/aromatic N) is 2. The van der Waals surface area contributed by atoms with Gasteiger partial charge in [-0.2, -0.15) is 0 Å². The predicted octanol–water partition coefficient (Wildman–Crippen LogP) is 1.54. The van der Waals surface area contributed by atoms with Crippen LogP contribution in [0, 0.1) is 0 Å². The lowest BCUT2D eigenvalue weighted by Crippen LogP contribution is -2.46. The summed E-state index contributed by atoms with van der Waals surface area (Å²) in [5, 5.41) is 3.78. The summed E-state index contributed by atoms with van der Waals surface area (Å²) in [7, 11) is 4.33. The lowest BCUT2D eigenvalue weighted by molar-refractivity contribution is 0.185. The van der Waals surface area contributed by atoms with Crippen LogP contribution in [-0.2, 0) is 0 Å². The molecule has 1 saturated carbocycles. The molecular formula is C14H29N3. The third-order valence-corrected chi connectivity index (χ3v) is 3.88. The van der Waals surface area contributed by atoms with Crippen molar-refractivity contribution in [2.75, 3.05) is 40.3 Å². The van der Waals surface area contributed by atoms with Gasteiger partial charge in [0.2, 0.25) is 0 Å². The van der Waals surface area contributed by atoms with Gasteiger partial charge in [0.1, 0.15) is 0 Å². The topological polar surface area (TPSA) is 18.5 Å². The van der Waals surface area contributed by atoms with E-state index < -0.39 is 0 Å². The van der Waals surface area contributed by atoms with Crippen molar-refractivity contribution in [3.05, 3.63) is 0 Å². The molecule has 1 saturated heterocycles. The van der Waals surface area contributed by atoms with Gasteiger partial charge < -0.3 is 15.1 Å². The second-order valence-corrected chi connectivity index (χ2v) is 6.09. The molecule has 1 N–H and O–H groups in total. The van der Waals surface area contributed by atoms with Crippen molar-refractivity contribution < 1.29 is 0 Å². The molecule has 1 unspecified atom stereocenters. The quantitative estimate of drug-likeness (QED) is 0.680. The number of rotatable bonds is 7. The normalized spacial score (nSPS) is 26.6. The van der Waals surface area contributed by atoms with Crippen LogP contribution in [0.3, 0.4) is 0 Å². The second-order valence-electron chi connectivity index (χ2n) is 6.09. The van der Waals surface area contributed by atoms with E-state index in [1.807, 2.05) is 0 Å². The second kappa shape index (κ2) is 6.72. The molecular weight excluding hydrogens is 210 g/mol. The van der Waals surface area contributed by atoms with Gasteiger partial charge in [0.05, 0.1) is 0 Å². The Kier molecular flexibility index (Phi) is 5.26. The first-order valence-corrected chi connectivity index (χ1v) is 7.37. The highest BCUT2D eigenvalue weighted by Crippen LogP contribution is 2.22. The fraction of sp³-hybridized carbons (Fsp3) is 1.00. The maximum absolute atomic E-state index is 3.78. The van der Waals surface area contributed by atoms with Crippen LogP contribution in [-0.4, -0.2) is 62.2 Å². The predicted molar refractivity (Wildman–Crippen MR) is 73.4 cm³/mol. The van der Waals surface area contributed by atoms with E-state index in [1.54, 1.807) is 0 Å². The maximum atomic E-state index is 3.78. The van der Waals surface area contributed by atoms with Gasteiger partial charge in [-0.05, 0) is 72.3 Å². The van der Waals surface area contributed by atoms with E-state index in [1.165, 1.54) is 64.7 Å². The van der Waals surface area contributed by atoms with E-state index in [4.69, 9.17) is 0 Å². The molecule has 0 radical (unpaired) electrons. The first-order valence-electron chi connectivity index (χ1n) is 7.37. The Balaban J connectivity index is 1.56. The minimum atomic E-state index is 0.782. The standard InChI is InChI=1S/C14H29N3/c1-16(2)9-3-4-10-17-11-5-6-14(12-17)15-13-7-8-13/h13-15H,3-12H2,1-2H3. The highest BCUT2D eigenvalue weighted by Gasteiger charge is 2.27. The minimum absolute atomic E-state index is 0.782. The lowest BCUT2D eigenvalue weighted by Gasteiger charge is -2.33. The molecule has 3 nitrogen and oxygen atoms in total. The van der Waals surface area contributed by atoms with Crippen LogP contribution in [0.25, 0.3) is 0 Å². The summed E-state index contributed by atoms with van der Waals surface area (Å²) >= 11 is 0. The SMILES string of the molecule is CN(C)CCCCN1CCCC(NC2CC2)C1. The van der Waals surface area contributed by atoms with Gasteiger partial charge in [-0.1, -0.05) is 0 Å². The van der Waals surface area contributed by atoms with Crippen molar-refractivity contribution in [3.8, 4) is 0 Å². The monoisotopic (exact) mass is 239 g/mol. The summed E-state index contributed by atoms with van der Waals surface area (Å²) in [5.41, 5.74) is 0. The van der Waals surface area contributed by atoms with Crippen molar-refractivity contribution in [2.24, 2.45) is 0 Å². The van der Waals surface area contributed by atoms with Crippen LogP contribution >= 0.6 is 0 Å². The molecule has 1 heterocycles. The summed E-state index contributed by atoms with van der Waals surface area (Å²) in [6.07, 6.45) is 8.31. The molecule has 100 valence electrons. The number of piperidine rings is 1. The molecule has 17 heavy (non-hydrogen) atoms. The van der Waals surface area contributed by atoms with Crippen molar-refractivity contribution in [1.82, 2.24) is 15.1 Å². The summed E-state index contributed by atoms with van der Waals surface area (Å²) in [5.74, 6) is 0. The van der Waals surface area contributed by atoms with Crippen molar-refractivity contribution >= 4 is 0 Å². The highest BCUT2D eigenvalue weighted by atomic mass is 15.2. The molecule has 0 aromatic heterocycles. The highest BCUT2D eigenvalue weighted by molar-refractivity contribution is 4.87. The Morgan fingerprint density at radius 1 is 1.12 bits per heavy atom. The maximum Gasteiger partial charge on any atom is 0.0198 e. The van der Waals surface area contributed by atoms with Crippen LogP contribution in [0.1, 0.15) is 38.5 Å². The lowest BCUT2D eigenvalue weighted by atomic mass is 10.1. The molecule has 0 aromatic carbocycles. The first-order chi connectivity index (χ1) is 8.24. The summed E-state index contributed by atoms with van der Waals surface area (Å²) in [6.45, 7) is 5.15. The Labute approximate surface area is 107 Å². The van der Waals surface area contributed by atoms with E-state index in [0.29, 0.717) is 0 Å². The molecule has 0 amide bonds. The molecule has 3 heteroatoms. The first kappa shape index (κ1) is 13.3. The average Bonchev–Trinajstić information content (AvgIpc) is 3.09. The number of unbranched alkanes of at least 4 members (excludes halogenated alkanes) is 1. The largest absolute Gasteiger partial charge is 0.310 e. The molecule has 1 aliphatic carbocycles. The van der Waals surface area contributed by atoms with E-state index in [2.05, 4.69) is 29.2 Å². The Bertz CT molecular complexity index is 214. The van der Waals surface area contributed by atoms with Gasteiger partial charge in [-0.3, -0.25) is 0 Å². The zero-order chi connectivity index (χ0) is 12.1. The molecule has 2 rings (SSSR count). The molecule has 0 bridgehead atoms. The molecule has 1 atom stereocenters. The van der Waals surface area contributed by atoms with Crippen molar-refractivity contribution in [1.29, 1.82) is 0 Å². The fourth-order valence-electron chi connectivity index (χ4n) is 2.74. The van der Waals surface area contributed by atoms with Crippen LogP contribution in [0.2, 0.25) is 0 Å². The number of nitrogens with one attached hydrogen (secondary N) is 1. The van der Waals surface area contributed by atoms with Crippen LogP contribution in [0.4, 0.5) is 0 Å². The third kappa shape index (κ3) is 5.36. The van der Waals surface area contributed by atoms with Gasteiger partial charge >= 0.3 is 0 Å². The third-order valence-electron chi connectivity index (χ3n) is 3.88. The minimum Gasteiger partial charge on any atom is -0.310 e. The smallest absolute Gasteiger partial charge is 0.0198 e. The zero-order valence-electron chi connectivity index (χ0n) is 11.6. The molecule has 0 aromatic rings. The Morgan fingerprint density at radius 3 is 2.65 bits per heavy atom. The average molecular weight is 239 g/mol. The molecule has 0 spiro atoms. The summed E-state index contributed by atoms with van der Waals surface area (Å²) < 4.78 is 0. The van der Waals surface area contributed by atoms with Gasteiger partial charge in [-0.25, -0.2) is 0 Å². The fourth-order valence-corrected chi connectivity index (χ4v) is 2.74. The number of hydrogen-bond acceptors (Lipinski definition) is 3. The van der Waals surface area contributed by atoms with Crippen molar-refractivity contribution in [2.45, 2.75) is 50.6 Å². The van der Waals surface area contributed by atoms with Crippen LogP contribution in [0.5, 0.6) is 0 Å². The van der Waals surface area contributed by atoms with Gasteiger partial charge in [0, 0.05) is 18.6 Å². The van der Waals surface area contributed by atoms with E-state index in [9.17, 15) is 0 Å². The number of likely N-dealkylation sites (tertiary alicyclic amines) is 1. The Hall–Kier alpha value is -0.120. The van der Waals surface area contributed by atoms with E-state index in [0.717, 1.165) is 12.1 Å². The van der Waals surface area contributed by atoms with Gasteiger partial charge in [0.25, 0.3) is 0 Å². The van der Waals surface area contributed by atoms with E-state index >= 15 is 0 Å². The number of hydrogen-bond donors (Lipinski definition) is 1. The molecule has 2 fully saturated rings. The van der Waals surface area contributed by atoms with Crippen LogP contribution in [0.15, 0.2) is 0 Å². The van der Waals surface area contributed by atoms with E-state index in [-0.39, 0.29) is 0 Å². The molecule has 1 aliphatic heterocycles.